The van der Waals surface area contributed by atoms with Gasteiger partial charge >= 0.3 is 0 Å². The molecule has 24 heavy (non-hydrogen) atoms. The van der Waals surface area contributed by atoms with Crippen LogP contribution in [0.4, 0.5) is 5.95 Å². The van der Waals surface area contributed by atoms with Crippen LogP contribution in [0, 0.1) is 0 Å². The summed E-state index contributed by atoms with van der Waals surface area (Å²) in [6.45, 7) is 3.81. The molecular weight excluding hydrogens is 326 g/mol. The van der Waals surface area contributed by atoms with Gasteiger partial charge in [0.2, 0.25) is 0 Å². The van der Waals surface area contributed by atoms with E-state index in [9.17, 15) is 0 Å². The number of anilines is 1. The molecule has 0 amide bonds. The van der Waals surface area contributed by atoms with Gasteiger partial charge in [-0.05, 0) is 47.5 Å². The van der Waals surface area contributed by atoms with Crippen molar-refractivity contribution in [1.82, 2.24) is 20.2 Å². The van der Waals surface area contributed by atoms with Gasteiger partial charge < -0.3 is 10.1 Å². The Morgan fingerprint density at radius 3 is 2.42 bits per heavy atom. The molecule has 3 rings (SSSR count). The normalized spacial score (nSPS) is 10.6. The van der Waals surface area contributed by atoms with E-state index in [-0.39, 0.29) is 0 Å². The molecule has 1 N–H and O–H groups in total. The summed E-state index contributed by atoms with van der Waals surface area (Å²) < 4.78 is 5.77. The Balaban J connectivity index is 1.50. The molecule has 0 saturated carbocycles. The lowest BCUT2D eigenvalue weighted by molar-refractivity contribution is 0.306. The van der Waals surface area contributed by atoms with E-state index in [2.05, 4.69) is 20.7 Å². The first kappa shape index (κ1) is 16.3. The molecule has 0 aliphatic heterocycles. The zero-order valence-corrected chi connectivity index (χ0v) is 14.1. The highest BCUT2D eigenvalue weighted by atomic mass is 35.5. The quantitative estimate of drug-likeness (QED) is 0.710. The summed E-state index contributed by atoms with van der Waals surface area (Å²) in [7, 11) is 0. The third-order valence-electron chi connectivity index (χ3n) is 3.43. The van der Waals surface area contributed by atoms with E-state index in [0.29, 0.717) is 25.6 Å². The number of hydrogen-bond donors (Lipinski definition) is 1. The first-order chi connectivity index (χ1) is 11.7. The second kappa shape index (κ2) is 7.79. The van der Waals surface area contributed by atoms with Gasteiger partial charge in [-0.3, -0.25) is 0 Å². The highest BCUT2D eigenvalue weighted by Gasteiger charge is 2.02. The lowest BCUT2D eigenvalue weighted by atomic mass is 10.2. The Kier molecular flexibility index (Phi) is 5.28. The van der Waals surface area contributed by atoms with Crippen molar-refractivity contribution in [2.75, 3.05) is 5.32 Å². The highest BCUT2D eigenvalue weighted by molar-refractivity contribution is 6.30. The van der Waals surface area contributed by atoms with Crippen molar-refractivity contribution >= 4 is 17.5 Å². The Morgan fingerprint density at radius 2 is 1.75 bits per heavy atom. The summed E-state index contributed by atoms with van der Waals surface area (Å²) >= 11 is 5.87. The molecule has 124 valence electrons. The molecule has 2 aromatic carbocycles. The van der Waals surface area contributed by atoms with Crippen LogP contribution in [-0.4, -0.2) is 20.2 Å². The predicted octanol–water partition coefficient (Wildman–Crippen LogP) is 3.54. The third-order valence-corrected chi connectivity index (χ3v) is 3.68. The third kappa shape index (κ3) is 4.45. The second-order valence-corrected chi connectivity index (χ2v) is 5.65. The fourth-order valence-corrected chi connectivity index (χ4v) is 2.21. The Morgan fingerprint density at radius 1 is 1.04 bits per heavy atom. The lowest BCUT2D eigenvalue weighted by Crippen LogP contribution is -2.03. The first-order valence-electron chi connectivity index (χ1n) is 7.71. The number of nitrogens with one attached hydrogen (secondary N) is 1. The summed E-state index contributed by atoms with van der Waals surface area (Å²) in [5.74, 6) is 1.35. The maximum Gasteiger partial charge on any atom is 0.263 e. The molecule has 0 aliphatic carbocycles. The number of benzene rings is 2. The number of aromatic nitrogens is 4. The minimum absolute atomic E-state index is 0.513. The summed E-state index contributed by atoms with van der Waals surface area (Å²) in [4.78, 5) is 1.54. The molecule has 0 fully saturated rings. The van der Waals surface area contributed by atoms with Crippen LogP contribution in [0.1, 0.15) is 18.1 Å². The molecule has 7 heteroatoms. The maximum absolute atomic E-state index is 5.87. The largest absolute Gasteiger partial charge is 0.489 e. The van der Waals surface area contributed by atoms with Gasteiger partial charge in [0.1, 0.15) is 12.4 Å². The number of rotatable bonds is 7. The summed E-state index contributed by atoms with van der Waals surface area (Å²) in [6, 6.07) is 15.5. The zero-order chi connectivity index (χ0) is 16.8. The molecule has 0 atom stereocenters. The number of aryl methyl sites for hydroxylation is 1. The highest BCUT2D eigenvalue weighted by Crippen LogP contribution is 2.16. The minimum Gasteiger partial charge on any atom is -0.489 e. The van der Waals surface area contributed by atoms with Gasteiger partial charge in [0.15, 0.2) is 0 Å². The van der Waals surface area contributed by atoms with Gasteiger partial charge in [0.05, 0.1) is 6.54 Å². The topological polar surface area (TPSA) is 64.9 Å². The van der Waals surface area contributed by atoms with Crippen LogP contribution in [0.5, 0.6) is 5.75 Å². The molecule has 6 nitrogen and oxygen atoms in total. The summed E-state index contributed by atoms with van der Waals surface area (Å²) in [6.07, 6.45) is 0. The van der Waals surface area contributed by atoms with E-state index in [4.69, 9.17) is 16.3 Å². The van der Waals surface area contributed by atoms with Crippen molar-refractivity contribution in [3.8, 4) is 5.75 Å². The number of halogens is 1. The van der Waals surface area contributed by atoms with Crippen molar-refractivity contribution < 1.29 is 4.74 Å². The smallest absolute Gasteiger partial charge is 0.263 e. The molecule has 0 bridgehead atoms. The van der Waals surface area contributed by atoms with E-state index in [1.807, 2.05) is 55.5 Å². The second-order valence-electron chi connectivity index (χ2n) is 5.21. The zero-order valence-electron chi connectivity index (χ0n) is 13.3. The van der Waals surface area contributed by atoms with Gasteiger partial charge in [0.25, 0.3) is 5.95 Å². The average molecular weight is 344 g/mol. The molecule has 0 saturated heterocycles. The van der Waals surface area contributed by atoms with Gasteiger partial charge in [-0.1, -0.05) is 41.0 Å². The summed E-state index contributed by atoms with van der Waals surface area (Å²) in [5, 5.41) is 15.9. The van der Waals surface area contributed by atoms with Crippen molar-refractivity contribution in [1.29, 1.82) is 0 Å². The molecule has 0 radical (unpaired) electrons. The van der Waals surface area contributed by atoms with Crippen molar-refractivity contribution in [3.63, 3.8) is 0 Å². The Hall–Kier alpha value is -2.60. The van der Waals surface area contributed by atoms with Crippen LogP contribution in [0.3, 0.4) is 0 Å². The number of nitrogens with zero attached hydrogens (tertiary/aromatic N) is 4. The van der Waals surface area contributed by atoms with Crippen LogP contribution >= 0.6 is 11.6 Å². The van der Waals surface area contributed by atoms with E-state index < -0.39 is 0 Å². The Labute approximate surface area is 145 Å². The fourth-order valence-electron chi connectivity index (χ4n) is 2.08. The van der Waals surface area contributed by atoms with Crippen molar-refractivity contribution in [2.45, 2.75) is 26.6 Å². The SMILES string of the molecule is CCn1nnc(NCc2ccc(OCc3ccc(Cl)cc3)cc2)n1. The van der Waals surface area contributed by atoms with E-state index in [1.54, 1.807) is 0 Å². The van der Waals surface area contributed by atoms with Crippen LogP contribution in [-0.2, 0) is 19.7 Å². The van der Waals surface area contributed by atoms with Gasteiger partial charge in [0, 0.05) is 11.6 Å². The molecule has 0 spiro atoms. The van der Waals surface area contributed by atoms with Gasteiger partial charge in [-0.15, -0.1) is 5.10 Å². The predicted molar refractivity (Wildman–Crippen MR) is 93.0 cm³/mol. The standard InChI is InChI=1S/C17H18ClN5O/c1-2-23-21-17(20-22-23)19-11-13-5-9-16(10-6-13)24-12-14-3-7-15(18)8-4-14/h3-10H,2,11-12H2,1H3,(H,19,21). The van der Waals surface area contributed by atoms with Crippen LogP contribution < -0.4 is 10.1 Å². The first-order valence-corrected chi connectivity index (χ1v) is 8.08. The molecular formula is C17H18ClN5O. The van der Waals surface area contributed by atoms with Crippen LogP contribution in [0.25, 0.3) is 0 Å². The minimum atomic E-state index is 0.513. The van der Waals surface area contributed by atoms with E-state index >= 15 is 0 Å². The molecule has 0 aliphatic rings. The maximum atomic E-state index is 5.87. The van der Waals surface area contributed by atoms with Gasteiger partial charge in [-0.2, -0.15) is 4.80 Å². The number of tetrazole rings is 1. The van der Waals surface area contributed by atoms with Crippen molar-refractivity contribution in [3.05, 3.63) is 64.7 Å². The van der Waals surface area contributed by atoms with Crippen LogP contribution in [0.15, 0.2) is 48.5 Å². The monoisotopic (exact) mass is 343 g/mol. The van der Waals surface area contributed by atoms with Crippen molar-refractivity contribution in [2.24, 2.45) is 0 Å². The summed E-state index contributed by atoms with van der Waals surface area (Å²) in [5.41, 5.74) is 2.19. The Bertz CT molecular complexity index is 770. The lowest BCUT2D eigenvalue weighted by Gasteiger charge is -2.08. The average Bonchev–Trinajstić information content (AvgIpc) is 3.08. The number of hydrogen-bond acceptors (Lipinski definition) is 5. The fraction of sp³-hybridized carbons (Fsp3) is 0.235. The van der Waals surface area contributed by atoms with Crippen LogP contribution in [0.2, 0.25) is 5.02 Å². The number of ether oxygens (including phenoxy) is 1. The molecule has 1 aromatic heterocycles. The molecule has 1 heterocycles. The molecule has 0 unspecified atom stereocenters. The molecule has 3 aromatic rings. The van der Waals surface area contributed by atoms with E-state index in [0.717, 1.165) is 21.9 Å². The van der Waals surface area contributed by atoms with Gasteiger partial charge in [-0.25, -0.2) is 0 Å². The van der Waals surface area contributed by atoms with E-state index in [1.165, 1.54) is 4.80 Å².